The van der Waals surface area contributed by atoms with E-state index in [2.05, 4.69) is 4.98 Å². The van der Waals surface area contributed by atoms with E-state index >= 15 is 0 Å². The first-order valence-corrected chi connectivity index (χ1v) is 5.80. The third-order valence-corrected chi connectivity index (χ3v) is 2.23. The zero-order valence-electron chi connectivity index (χ0n) is 6.49. The summed E-state index contributed by atoms with van der Waals surface area (Å²) in [7, 11) is 1.57. The average Bonchev–Trinajstić information content (AvgIpc) is 1.82. The van der Waals surface area contributed by atoms with Crippen molar-refractivity contribution < 1.29 is 8.42 Å². The van der Waals surface area contributed by atoms with Crippen LogP contribution >= 0.6 is 10.7 Å². The number of halogens is 1. The van der Waals surface area contributed by atoms with Crippen LogP contribution in [0.4, 0.5) is 0 Å². The van der Waals surface area contributed by atoms with Gasteiger partial charge in [0.05, 0.1) is 5.69 Å². The van der Waals surface area contributed by atoms with Gasteiger partial charge in [-0.1, -0.05) is 6.07 Å². The van der Waals surface area contributed by atoms with Gasteiger partial charge >= 0.3 is 0 Å². The molecule has 66 valence electrons. The van der Waals surface area contributed by atoms with Gasteiger partial charge in [0.25, 0.3) is 0 Å². The van der Waals surface area contributed by atoms with Crippen molar-refractivity contribution in [2.45, 2.75) is 12.7 Å². The van der Waals surface area contributed by atoms with Crippen molar-refractivity contribution in [1.29, 1.82) is 0 Å². The molecule has 0 atom stereocenters. The molecule has 0 fully saturated rings. The first-order chi connectivity index (χ1) is 5.47. The molecule has 5 heteroatoms. The predicted molar refractivity (Wildman–Crippen MR) is 47.5 cm³/mol. The lowest BCUT2D eigenvalue weighted by Gasteiger charge is -1.97. The minimum Gasteiger partial charge on any atom is -0.257 e. The Morgan fingerprint density at radius 3 is 2.67 bits per heavy atom. The van der Waals surface area contributed by atoms with Gasteiger partial charge in [-0.05, 0) is 19.1 Å². The highest BCUT2D eigenvalue weighted by Crippen LogP contribution is 2.07. The maximum absolute atomic E-state index is 10.6. The number of aryl methyl sites for hydroxylation is 1. The minimum absolute atomic E-state index is 0.212. The van der Waals surface area contributed by atoms with E-state index in [-0.39, 0.29) is 5.75 Å². The molecule has 0 spiro atoms. The van der Waals surface area contributed by atoms with Crippen molar-refractivity contribution in [1.82, 2.24) is 4.98 Å². The fraction of sp³-hybridized carbons (Fsp3) is 0.286. The molecule has 0 aliphatic heterocycles. The van der Waals surface area contributed by atoms with Crippen molar-refractivity contribution in [3.8, 4) is 0 Å². The molecule has 0 unspecified atom stereocenters. The molecular formula is C7H8ClNO2S. The lowest BCUT2D eigenvalue weighted by Crippen LogP contribution is -1.98. The molecule has 0 saturated heterocycles. The maximum atomic E-state index is 10.6. The average molecular weight is 206 g/mol. The van der Waals surface area contributed by atoms with Gasteiger partial charge < -0.3 is 0 Å². The monoisotopic (exact) mass is 205 g/mol. The molecule has 0 amide bonds. The number of rotatable bonds is 2. The zero-order chi connectivity index (χ0) is 9.19. The lowest BCUT2D eigenvalue weighted by atomic mass is 10.3. The van der Waals surface area contributed by atoms with Crippen LogP contribution in [0.2, 0.25) is 0 Å². The van der Waals surface area contributed by atoms with E-state index in [4.69, 9.17) is 10.7 Å². The molecule has 0 saturated carbocycles. The molecule has 1 heterocycles. The van der Waals surface area contributed by atoms with Crippen LogP contribution in [-0.2, 0) is 14.8 Å². The fourth-order valence-corrected chi connectivity index (χ4v) is 1.71. The summed E-state index contributed by atoms with van der Waals surface area (Å²) < 4.78 is 21.3. The number of nitrogens with zero attached hydrogens (tertiary/aromatic N) is 1. The van der Waals surface area contributed by atoms with Crippen LogP contribution in [0.15, 0.2) is 18.2 Å². The molecule has 0 aliphatic carbocycles. The normalized spacial score (nSPS) is 11.5. The van der Waals surface area contributed by atoms with Gasteiger partial charge in [-0.3, -0.25) is 4.98 Å². The maximum Gasteiger partial charge on any atom is 0.238 e. The van der Waals surface area contributed by atoms with Crippen molar-refractivity contribution in [2.75, 3.05) is 0 Å². The Morgan fingerprint density at radius 1 is 1.50 bits per heavy atom. The van der Waals surface area contributed by atoms with Crippen LogP contribution in [0.25, 0.3) is 0 Å². The third kappa shape index (κ3) is 3.19. The topological polar surface area (TPSA) is 47.0 Å². The molecule has 0 bridgehead atoms. The van der Waals surface area contributed by atoms with Gasteiger partial charge in [-0.25, -0.2) is 8.42 Å². The smallest absolute Gasteiger partial charge is 0.238 e. The summed E-state index contributed by atoms with van der Waals surface area (Å²) >= 11 is 0. The Hall–Kier alpha value is -0.610. The molecule has 0 radical (unpaired) electrons. The fourth-order valence-electron chi connectivity index (χ4n) is 0.857. The van der Waals surface area contributed by atoms with E-state index in [0.717, 1.165) is 5.69 Å². The van der Waals surface area contributed by atoms with Gasteiger partial charge in [0.1, 0.15) is 5.75 Å². The number of pyridine rings is 1. The Balaban J connectivity index is 2.91. The largest absolute Gasteiger partial charge is 0.257 e. The van der Waals surface area contributed by atoms with Crippen LogP contribution in [0.1, 0.15) is 11.4 Å². The van der Waals surface area contributed by atoms with Crippen LogP contribution in [0.5, 0.6) is 0 Å². The van der Waals surface area contributed by atoms with E-state index in [1.165, 1.54) is 0 Å². The molecule has 1 aromatic rings. The van der Waals surface area contributed by atoms with E-state index in [1.54, 1.807) is 25.1 Å². The summed E-state index contributed by atoms with van der Waals surface area (Å²) in [4.78, 5) is 3.99. The quantitative estimate of drug-likeness (QED) is 0.687. The van der Waals surface area contributed by atoms with E-state index in [1.807, 2.05) is 0 Å². The van der Waals surface area contributed by atoms with E-state index < -0.39 is 9.05 Å². The van der Waals surface area contributed by atoms with Crippen LogP contribution < -0.4 is 0 Å². The highest BCUT2D eigenvalue weighted by Gasteiger charge is 2.07. The van der Waals surface area contributed by atoms with Crippen molar-refractivity contribution in [3.63, 3.8) is 0 Å². The molecule has 0 N–H and O–H groups in total. The minimum atomic E-state index is -3.48. The highest BCUT2D eigenvalue weighted by atomic mass is 35.7. The molecule has 0 aromatic carbocycles. The zero-order valence-corrected chi connectivity index (χ0v) is 8.06. The summed E-state index contributed by atoms with van der Waals surface area (Å²) in [5.41, 5.74) is 1.26. The van der Waals surface area contributed by atoms with Gasteiger partial charge in [0.15, 0.2) is 0 Å². The molecule has 12 heavy (non-hydrogen) atoms. The van der Waals surface area contributed by atoms with Gasteiger partial charge in [-0.2, -0.15) is 0 Å². The van der Waals surface area contributed by atoms with Crippen LogP contribution in [-0.4, -0.2) is 13.4 Å². The van der Waals surface area contributed by atoms with Crippen molar-refractivity contribution >= 4 is 19.7 Å². The van der Waals surface area contributed by atoms with Gasteiger partial charge in [0.2, 0.25) is 9.05 Å². The standard InChI is InChI=1S/C7H8ClNO2S/c1-6-3-2-4-7(9-6)5-12(8,10)11/h2-4H,5H2,1H3. The Labute approximate surface area is 75.8 Å². The summed E-state index contributed by atoms with van der Waals surface area (Å²) in [6, 6.07) is 5.18. The van der Waals surface area contributed by atoms with E-state index in [9.17, 15) is 8.42 Å². The van der Waals surface area contributed by atoms with Gasteiger partial charge in [0, 0.05) is 16.4 Å². The molecular weight excluding hydrogens is 198 g/mol. The number of hydrogen-bond donors (Lipinski definition) is 0. The SMILES string of the molecule is Cc1cccc(CS(=O)(=O)Cl)n1. The third-order valence-electron chi connectivity index (χ3n) is 1.27. The first kappa shape index (κ1) is 9.48. The summed E-state index contributed by atoms with van der Waals surface area (Å²) in [6.07, 6.45) is 0. The first-order valence-electron chi connectivity index (χ1n) is 3.32. The van der Waals surface area contributed by atoms with Crippen LogP contribution in [0, 0.1) is 6.92 Å². The van der Waals surface area contributed by atoms with E-state index in [0.29, 0.717) is 5.69 Å². The second-order valence-electron chi connectivity index (χ2n) is 2.45. The second kappa shape index (κ2) is 3.41. The summed E-state index contributed by atoms with van der Waals surface area (Å²) in [6.45, 7) is 1.80. The molecule has 1 rings (SSSR count). The second-order valence-corrected chi connectivity index (χ2v) is 5.23. The molecule has 1 aromatic heterocycles. The summed E-state index contributed by atoms with van der Waals surface area (Å²) in [5, 5.41) is 0. The lowest BCUT2D eigenvalue weighted by molar-refractivity contribution is 0.608. The highest BCUT2D eigenvalue weighted by molar-refractivity contribution is 8.13. The Kier molecular flexibility index (Phi) is 2.69. The van der Waals surface area contributed by atoms with Crippen molar-refractivity contribution in [2.24, 2.45) is 0 Å². The molecule has 3 nitrogen and oxygen atoms in total. The number of aromatic nitrogens is 1. The van der Waals surface area contributed by atoms with Crippen LogP contribution in [0.3, 0.4) is 0 Å². The number of hydrogen-bond acceptors (Lipinski definition) is 3. The van der Waals surface area contributed by atoms with Gasteiger partial charge in [-0.15, -0.1) is 0 Å². The Bertz CT molecular complexity index is 375. The summed E-state index contributed by atoms with van der Waals surface area (Å²) in [5.74, 6) is -0.212. The Morgan fingerprint density at radius 2 is 2.17 bits per heavy atom. The molecule has 0 aliphatic rings. The van der Waals surface area contributed by atoms with Crippen molar-refractivity contribution in [3.05, 3.63) is 29.6 Å². The predicted octanol–water partition coefficient (Wildman–Crippen LogP) is 1.46.